The number of fused-ring (bicyclic) bond motifs is 6. The smallest absolute Gasteiger partial charge is 0.166 e. The van der Waals surface area contributed by atoms with E-state index in [1.807, 2.05) is 103 Å². The van der Waals surface area contributed by atoms with Gasteiger partial charge in [0.1, 0.15) is 0 Å². The van der Waals surface area contributed by atoms with Crippen LogP contribution in [0.15, 0.2) is 224 Å². The molecule has 0 amide bonds. The average Bonchev–Trinajstić information content (AvgIpc) is 3.76. The van der Waals surface area contributed by atoms with Gasteiger partial charge in [0, 0.05) is 44.1 Å². The van der Waals surface area contributed by atoms with Crippen LogP contribution in [0.5, 0.6) is 0 Å². The molecule has 0 radical (unpaired) electrons. The lowest BCUT2D eigenvalue weighted by Gasteiger charge is -2.35. The molecule has 5 nitrogen and oxygen atoms in total. The summed E-state index contributed by atoms with van der Waals surface area (Å²) in [5.41, 5.74) is 7.66. The molecular weight excluding hydrogens is 779 g/mol. The number of nitrogens with zero attached hydrogens (tertiary/aromatic N) is 5. The van der Waals surface area contributed by atoms with E-state index in [4.69, 9.17) is 21.8 Å². The number of hydrogen-bond donors (Lipinski definition) is 0. The van der Waals surface area contributed by atoms with E-state index in [0.29, 0.717) is 11.1 Å². The van der Waals surface area contributed by atoms with Crippen molar-refractivity contribution in [2.24, 2.45) is 0 Å². The van der Waals surface area contributed by atoms with Gasteiger partial charge < -0.3 is 9.47 Å². The molecule has 0 N–H and O–H groups in total. The molecule has 0 atom stereocenters. The van der Waals surface area contributed by atoms with Gasteiger partial charge in [0.2, 0.25) is 0 Å². The highest BCUT2D eigenvalue weighted by atomic mass is 15.2. The maximum absolute atomic E-state index is 9.52. The zero-order valence-electron chi connectivity index (χ0n) is 42.9. The SMILES string of the molecule is [2H]c1c([2H])c([2H])c(-c2c([2H])c([2H])c(-c3nc(-c4ccc5c6ccccc6n(-c6ccccc6)c5c4)nc(-c4ccccc4N4c5cc6ccccc6cc5-c5cccc6cccc4c56)n3)c([2H])c2[2H])c([2H])c1[2H]. The number of benzene rings is 10. The fraction of sp³-hybridized carbons (Fsp3) is 0. The summed E-state index contributed by atoms with van der Waals surface area (Å²) in [5, 5.41) is 6.34. The maximum Gasteiger partial charge on any atom is 0.166 e. The summed E-state index contributed by atoms with van der Waals surface area (Å²) >= 11 is 0. The fourth-order valence-electron chi connectivity index (χ4n) is 9.23. The molecule has 64 heavy (non-hydrogen) atoms. The summed E-state index contributed by atoms with van der Waals surface area (Å²) < 4.78 is 82.1. The van der Waals surface area contributed by atoms with Crippen LogP contribution in [0.1, 0.15) is 12.3 Å². The summed E-state index contributed by atoms with van der Waals surface area (Å²) in [4.78, 5) is 17.6. The lowest BCUT2D eigenvalue weighted by atomic mass is 9.89. The van der Waals surface area contributed by atoms with Crippen molar-refractivity contribution in [3.05, 3.63) is 224 Å². The highest BCUT2D eigenvalue weighted by Gasteiger charge is 2.29. The second-order valence-corrected chi connectivity index (χ2v) is 15.7. The molecule has 0 fully saturated rings. The predicted molar refractivity (Wildman–Crippen MR) is 265 cm³/mol. The van der Waals surface area contributed by atoms with Gasteiger partial charge in [-0.25, -0.2) is 15.0 Å². The summed E-state index contributed by atoms with van der Waals surface area (Å²) in [6, 6.07) is 51.7. The Morgan fingerprint density at radius 2 is 0.969 bits per heavy atom. The van der Waals surface area contributed by atoms with Crippen molar-refractivity contribution in [1.82, 2.24) is 19.5 Å². The van der Waals surface area contributed by atoms with Gasteiger partial charge in [-0.05, 0) is 87.4 Å². The van der Waals surface area contributed by atoms with Crippen LogP contribution < -0.4 is 4.90 Å². The standard InChI is InChI=1S/C59H37N5/c1-3-15-38(16-4-1)39-29-31-41(32-30-39)57-60-58(44-33-34-47-46-23-9-11-26-51(46)63(54(47)37-44)45-21-5-2-6-22-45)62-59(61-57)49-24-10-12-27-52(49)64-53-28-14-20-40-19-13-25-48(56(40)53)50-35-42-17-7-8-18-43(42)36-55(50)64/h1-37H/i1D,3D,4D,15D,16D,29D,30D,31D,32D. The van der Waals surface area contributed by atoms with Crippen LogP contribution in [0.4, 0.5) is 17.1 Å². The zero-order valence-corrected chi connectivity index (χ0v) is 33.9. The Morgan fingerprint density at radius 1 is 0.359 bits per heavy atom. The van der Waals surface area contributed by atoms with Gasteiger partial charge in [0.15, 0.2) is 17.5 Å². The van der Waals surface area contributed by atoms with Gasteiger partial charge in [-0.2, -0.15) is 0 Å². The molecule has 2 aromatic heterocycles. The van der Waals surface area contributed by atoms with Crippen molar-refractivity contribution >= 4 is 60.4 Å². The Labute approximate surface area is 382 Å². The molecule has 1 aliphatic rings. The van der Waals surface area contributed by atoms with Gasteiger partial charge in [-0.3, -0.25) is 0 Å². The molecule has 3 heterocycles. The third kappa shape index (κ3) is 5.75. The lowest BCUT2D eigenvalue weighted by Crippen LogP contribution is -2.16. The minimum atomic E-state index is -0.658. The highest BCUT2D eigenvalue weighted by molar-refractivity contribution is 6.16. The maximum atomic E-state index is 9.52. The second-order valence-electron chi connectivity index (χ2n) is 15.7. The van der Waals surface area contributed by atoms with E-state index in [0.717, 1.165) is 77.2 Å². The summed E-state index contributed by atoms with van der Waals surface area (Å²) in [6.07, 6.45) is 0. The topological polar surface area (TPSA) is 46.8 Å². The largest absolute Gasteiger partial charge is 0.309 e. The zero-order chi connectivity index (χ0) is 50.0. The molecule has 0 unspecified atom stereocenters. The van der Waals surface area contributed by atoms with Crippen LogP contribution in [-0.4, -0.2) is 19.5 Å². The van der Waals surface area contributed by atoms with Gasteiger partial charge in [0.05, 0.1) is 40.4 Å². The van der Waals surface area contributed by atoms with Crippen LogP contribution in [0.2, 0.25) is 0 Å². The third-order valence-electron chi connectivity index (χ3n) is 12.1. The van der Waals surface area contributed by atoms with Crippen LogP contribution in [-0.2, 0) is 0 Å². The minimum absolute atomic E-state index is 0.152. The average molecular weight is 825 g/mol. The van der Waals surface area contributed by atoms with E-state index < -0.39 is 65.5 Å². The second kappa shape index (κ2) is 14.5. The van der Waals surface area contributed by atoms with Crippen LogP contribution in [0.3, 0.4) is 0 Å². The number of rotatable bonds is 6. The van der Waals surface area contributed by atoms with Crippen molar-refractivity contribution < 1.29 is 12.3 Å². The number of hydrogen-bond acceptors (Lipinski definition) is 4. The van der Waals surface area contributed by atoms with E-state index in [2.05, 4.69) is 76.2 Å². The lowest BCUT2D eigenvalue weighted by molar-refractivity contribution is 1.07. The monoisotopic (exact) mass is 824 g/mol. The molecule has 1 aliphatic heterocycles. The van der Waals surface area contributed by atoms with E-state index in [1.54, 1.807) is 0 Å². The van der Waals surface area contributed by atoms with E-state index in [-0.39, 0.29) is 23.0 Å². The highest BCUT2D eigenvalue weighted by Crippen LogP contribution is 2.53. The first-order valence-electron chi connectivity index (χ1n) is 25.5. The van der Waals surface area contributed by atoms with Crippen molar-refractivity contribution in [2.75, 3.05) is 4.90 Å². The summed E-state index contributed by atoms with van der Waals surface area (Å²) in [7, 11) is 0. The number of para-hydroxylation sites is 3. The van der Waals surface area contributed by atoms with Gasteiger partial charge >= 0.3 is 0 Å². The Balaban J connectivity index is 1.09. The van der Waals surface area contributed by atoms with Gasteiger partial charge in [0.25, 0.3) is 0 Å². The van der Waals surface area contributed by atoms with E-state index in [1.165, 1.54) is 0 Å². The molecular formula is C59H37N5. The molecule has 0 saturated heterocycles. The van der Waals surface area contributed by atoms with Crippen LogP contribution in [0.25, 0.3) is 105 Å². The predicted octanol–water partition coefficient (Wildman–Crippen LogP) is 15.4. The molecule has 0 aliphatic carbocycles. The first-order valence-corrected chi connectivity index (χ1v) is 21.0. The van der Waals surface area contributed by atoms with Crippen LogP contribution in [0, 0.1) is 0 Å². The normalized spacial score (nSPS) is 14.0. The van der Waals surface area contributed by atoms with Gasteiger partial charge in [-0.15, -0.1) is 0 Å². The summed E-state index contributed by atoms with van der Waals surface area (Å²) in [5.74, 6) is 0.241. The van der Waals surface area contributed by atoms with Crippen molar-refractivity contribution in [3.8, 4) is 62.1 Å². The molecule has 298 valence electrons. The number of aromatic nitrogens is 4. The van der Waals surface area contributed by atoms with E-state index >= 15 is 0 Å². The molecule has 0 bridgehead atoms. The third-order valence-corrected chi connectivity index (χ3v) is 12.1. The minimum Gasteiger partial charge on any atom is -0.309 e. The Morgan fingerprint density at radius 3 is 1.81 bits per heavy atom. The van der Waals surface area contributed by atoms with Gasteiger partial charge in [-0.1, -0.05) is 170 Å². The first kappa shape index (κ1) is 28.0. The Hall–Kier alpha value is -8.67. The Bertz CT molecular complexity index is 4280. The molecule has 13 rings (SSSR count). The summed E-state index contributed by atoms with van der Waals surface area (Å²) in [6.45, 7) is 0. The van der Waals surface area contributed by atoms with E-state index in [9.17, 15) is 5.48 Å². The molecule has 5 heteroatoms. The van der Waals surface area contributed by atoms with Crippen molar-refractivity contribution in [3.63, 3.8) is 0 Å². The fourth-order valence-corrected chi connectivity index (χ4v) is 9.23. The molecule has 10 aromatic carbocycles. The first-order chi connectivity index (χ1) is 35.5. The molecule has 0 spiro atoms. The molecule has 0 saturated carbocycles. The quantitative estimate of drug-likeness (QED) is 0.168. The van der Waals surface area contributed by atoms with Crippen molar-refractivity contribution in [1.29, 1.82) is 0 Å². The number of anilines is 3. The van der Waals surface area contributed by atoms with Crippen molar-refractivity contribution in [2.45, 2.75) is 0 Å². The van der Waals surface area contributed by atoms with Crippen LogP contribution >= 0.6 is 0 Å². The Kier molecular flexibility index (Phi) is 6.34. The molecule has 12 aromatic rings.